The van der Waals surface area contributed by atoms with Crippen LogP contribution in [0.5, 0.6) is 11.5 Å². The minimum atomic E-state index is -0.237. The molecule has 2 N–H and O–H groups in total. The van der Waals surface area contributed by atoms with Gasteiger partial charge >= 0.3 is 0 Å². The third-order valence-electron chi connectivity index (χ3n) is 5.25. The van der Waals surface area contributed by atoms with E-state index in [1.165, 1.54) is 0 Å². The molecule has 1 aliphatic rings. The van der Waals surface area contributed by atoms with E-state index in [9.17, 15) is 9.59 Å². The van der Waals surface area contributed by atoms with Crippen molar-refractivity contribution in [2.45, 2.75) is 33.2 Å². The quantitative estimate of drug-likeness (QED) is 0.449. The summed E-state index contributed by atoms with van der Waals surface area (Å²) in [7, 11) is 0. The molecule has 1 aromatic carbocycles. The summed E-state index contributed by atoms with van der Waals surface area (Å²) in [6, 6.07) is 12.4. The molecule has 5 rings (SSSR count). The molecule has 0 bridgehead atoms. The number of hydrogen-bond donors (Lipinski definition) is 2. The summed E-state index contributed by atoms with van der Waals surface area (Å²) in [6.07, 6.45) is 3.51. The van der Waals surface area contributed by atoms with E-state index in [4.69, 9.17) is 4.74 Å². The van der Waals surface area contributed by atoms with Gasteiger partial charge in [-0.15, -0.1) is 5.10 Å². The average molecular weight is 445 g/mol. The smallest absolute Gasteiger partial charge is 0.273 e. The molecule has 4 aromatic rings. The van der Waals surface area contributed by atoms with Crippen molar-refractivity contribution in [3.05, 3.63) is 60.0 Å². The highest BCUT2D eigenvalue weighted by atomic mass is 16.5. The van der Waals surface area contributed by atoms with Crippen molar-refractivity contribution in [2.24, 2.45) is 5.92 Å². The van der Waals surface area contributed by atoms with E-state index in [0.29, 0.717) is 35.1 Å². The van der Waals surface area contributed by atoms with Crippen LogP contribution in [0.1, 0.15) is 35.9 Å². The Kier molecular flexibility index (Phi) is 5.25. The summed E-state index contributed by atoms with van der Waals surface area (Å²) >= 11 is 0. The molecular formula is C23H23N7O3. The zero-order chi connectivity index (χ0) is 22.9. The summed E-state index contributed by atoms with van der Waals surface area (Å²) in [6.45, 7) is 4.40. The van der Waals surface area contributed by atoms with Crippen LogP contribution in [0.3, 0.4) is 0 Å². The molecule has 1 fully saturated rings. The number of carbonyl (C=O) groups is 2. The lowest BCUT2D eigenvalue weighted by atomic mass is 10.2. The maximum absolute atomic E-state index is 12.7. The number of rotatable bonds is 7. The molecule has 10 nitrogen and oxygen atoms in total. The van der Waals surface area contributed by atoms with Gasteiger partial charge in [0.15, 0.2) is 5.65 Å². The third kappa shape index (κ3) is 4.54. The highest BCUT2D eigenvalue weighted by Crippen LogP contribution is 2.30. The Morgan fingerprint density at radius 1 is 1.09 bits per heavy atom. The van der Waals surface area contributed by atoms with Gasteiger partial charge in [0.05, 0.1) is 11.9 Å². The zero-order valence-electron chi connectivity index (χ0n) is 18.3. The lowest BCUT2D eigenvalue weighted by molar-refractivity contribution is -0.117. The Hall–Kier alpha value is -4.21. The van der Waals surface area contributed by atoms with Crippen LogP contribution in [-0.4, -0.2) is 36.2 Å². The molecule has 0 unspecified atom stereocenters. The van der Waals surface area contributed by atoms with Gasteiger partial charge in [-0.25, -0.2) is 4.52 Å². The normalized spacial score (nSPS) is 13.2. The van der Waals surface area contributed by atoms with Crippen LogP contribution in [0.2, 0.25) is 0 Å². The van der Waals surface area contributed by atoms with Crippen LogP contribution in [0.15, 0.2) is 48.7 Å². The fourth-order valence-electron chi connectivity index (χ4n) is 3.47. The highest BCUT2D eigenvalue weighted by molar-refractivity contribution is 6.03. The molecule has 1 aliphatic carbocycles. The van der Waals surface area contributed by atoms with Gasteiger partial charge in [-0.05, 0) is 57.0 Å². The number of anilines is 2. The van der Waals surface area contributed by atoms with Gasteiger partial charge in [0.2, 0.25) is 11.9 Å². The van der Waals surface area contributed by atoms with Crippen LogP contribution < -0.4 is 15.4 Å². The van der Waals surface area contributed by atoms with Crippen molar-refractivity contribution in [1.29, 1.82) is 0 Å². The van der Waals surface area contributed by atoms with E-state index in [0.717, 1.165) is 18.5 Å². The minimum Gasteiger partial charge on any atom is -0.456 e. The molecule has 0 spiro atoms. The lowest BCUT2D eigenvalue weighted by Crippen LogP contribution is -2.17. The number of aryl methyl sites for hydroxylation is 2. The maximum atomic E-state index is 12.7. The second-order valence-corrected chi connectivity index (χ2v) is 7.94. The van der Waals surface area contributed by atoms with E-state index >= 15 is 0 Å². The molecule has 0 atom stereocenters. The Morgan fingerprint density at radius 2 is 1.94 bits per heavy atom. The van der Waals surface area contributed by atoms with Crippen LogP contribution in [0, 0.1) is 12.8 Å². The Morgan fingerprint density at radius 3 is 2.73 bits per heavy atom. The predicted molar refractivity (Wildman–Crippen MR) is 121 cm³/mol. The van der Waals surface area contributed by atoms with Crippen molar-refractivity contribution in [2.75, 3.05) is 10.6 Å². The molecule has 168 valence electrons. The lowest BCUT2D eigenvalue weighted by Gasteiger charge is -2.09. The third-order valence-corrected chi connectivity index (χ3v) is 5.25. The number of benzene rings is 1. The van der Waals surface area contributed by atoms with Gasteiger partial charge in [-0.3, -0.25) is 19.6 Å². The van der Waals surface area contributed by atoms with Crippen LogP contribution in [0.25, 0.3) is 5.65 Å². The first kappa shape index (κ1) is 20.7. The molecule has 3 heterocycles. The first-order chi connectivity index (χ1) is 16.0. The van der Waals surface area contributed by atoms with Crippen molar-refractivity contribution in [3.63, 3.8) is 0 Å². The van der Waals surface area contributed by atoms with Crippen molar-refractivity contribution < 1.29 is 14.3 Å². The number of nitrogens with zero attached hydrogens (tertiary/aromatic N) is 5. The second-order valence-electron chi connectivity index (χ2n) is 7.94. The largest absolute Gasteiger partial charge is 0.456 e. The minimum absolute atomic E-state index is 0.0432. The maximum Gasteiger partial charge on any atom is 0.273 e. The summed E-state index contributed by atoms with van der Waals surface area (Å²) < 4.78 is 9.18. The van der Waals surface area contributed by atoms with Gasteiger partial charge in [0.25, 0.3) is 5.91 Å². The first-order valence-electron chi connectivity index (χ1n) is 10.8. The number of fused-ring (bicyclic) bond motifs is 1. The Labute approximate surface area is 189 Å². The number of pyridine rings is 1. The second kappa shape index (κ2) is 8.38. The topological polar surface area (TPSA) is 115 Å². The monoisotopic (exact) mass is 445 g/mol. The molecule has 2 amide bonds. The molecule has 3 aromatic heterocycles. The van der Waals surface area contributed by atoms with Gasteiger partial charge in [0.1, 0.15) is 17.2 Å². The SMILES string of the molecule is CCn1nc(C)cc1C(=O)Nc1cccc(Oc2ccc3nc(NC(=O)C4CC4)nn3c2)c1. The van der Waals surface area contributed by atoms with Crippen molar-refractivity contribution in [3.8, 4) is 11.5 Å². The van der Waals surface area contributed by atoms with E-state index in [1.807, 2.05) is 13.8 Å². The first-order valence-corrected chi connectivity index (χ1v) is 10.8. The average Bonchev–Trinajstić information content (AvgIpc) is 3.47. The van der Waals surface area contributed by atoms with Gasteiger partial charge in [0, 0.05) is 24.2 Å². The van der Waals surface area contributed by atoms with E-state index in [2.05, 4.69) is 25.8 Å². The number of carbonyl (C=O) groups excluding carboxylic acids is 2. The van der Waals surface area contributed by atoms with Gasteiger partial charge < -0.3 is 10.1 Å². The number of nitrogens with one attached hydrogen (secondary N) is 2. The summed E-state index contributed by atoms with van der Waals surface area (Å²) in [5, 5.41) is 14.2. The molecule has 10 heteroatoms. The van der Waals surface area contributed by atoms with Crippen LogP contribution in [-0.2, 0) is 11.3 Å². The van der Waals surface area contributed by atoms with E-state index in [1.54, 1.807) is 57.9 Å². The number of aromatic nitrogens is 5. The molecule has 0 saturated heterocycles. The van der Waals surface area contributed by atoms with E-state index < -0.39 is 0 Å². The standard InChI is InChI=1S/C23H23N7O3/c1-3-29-19(11-14(2)27-29)22(32)24-16-5-4-6-17(12-16)33-18-9-10-20-25-23(28-30(20)13-18)26-21(31)15-7-8-15/h4-6,9-13,15H,3,7-8H2,1-2H3,(H,24,32)(H,26,28,31). The molecule has 0 radical (unpaired) electrons. The predicted octanol–water partition coefficient (Wildman–Crippen LogP) is 3.65. The molecule has 1 saturated carbocycles. The summed E-state index contributed by atoms with van der Waals surface area (Å²) in [5.74, 6) is 1.16. The number of amides is 2. The van der Waals surface area contributed by atoms with Crippen molar-refractivity contribution >= 4 is 29.1 Å². The van der Waals surface area contributed by atoms with E-state index in [-0.39, 0.29) is 23.7 Å². The molecular weight excluding hydrogens is 422 g/mol. The van der Waals surface area contributed by atoms with Gasteiger partial charge in [-0.1, -0.05) is 6.07 Å². The summed E-state index contributed by atoms with van der Waals surface area (Å²) in [4.78, 5) is 28.9. The number of hydrogen-bond acceptors (Lipinski definition) is 6. The fraction of sp³-hybridized carbons (Fsp3) is 0.261. The van der Waals surface area contributed by atoms with Crippen LogP contribution in [0.4, 0.5) is 11.6 Å². The molecule has 0 aliphatic heterocycles. The zero-order valence-corrected chi connectivity index (χ0v) is 18.3. The molecule has 33 heavy (non-hydrogen) atoms. The Balaban J connectivity index is 1.29. The van der Waals surface area contributed by atoms with Gasteiger partial charge in [-0.2, -0.15) is 10.1 Å². The van der Waals surface area contributed by atoms with Crippen molar-refractivity contribution in [1.82, 2.24) is 24.4 Å². The summed E-state index contributed by atoms with van der Waals surface area (Å²) in [5.41, 5.74) is 2.49. The number of ether oxygens (including phenoxy) is 1. The fourth-order valence-corrected chi connectivity index (χ4v) is 3.47. The van der Waals surface area contributed by atoms with Crippen LogP contribution >= 0.6 is 0 Å². The highest BCUT2D eigenvalue weighted by Gasteiger charge is 2.30. The Bertz CT molecular complexity index is 1350.